The minimum absolute atomic E-state index is 0.385. The van der Waals surface area contributed by atoms with Gasteiger partial charge < -0.3 is 19.8 Å². The maximum atomic E-state index is 5.53. The molecule has 2 N–H and O–H groups in total. The zero-order valence-electron chi connectivity index (χ0n) is 12.8. The number of aromatic nitrogens is 2. The first kappa shape index (κ1) is 15.3. The number of anilines is 2. The standard InChI is InChI=1S/C15H22N4O2/c1-4-7-16-13-8-14(19-15(18-13)10-20-3)17-9-12-6-5-11(2)21-12/h5-6,8H,4,7,9-10H2,1-3H3,(H2,16,17,18,19). The summed E-state index contributed by atoms with van der Waals surface area (Å²) in [7, 11) is 1.63. The highest BCUT2D eigenvalue weighted by atomic mass is 16.5. The van der Waals surface area contributed by atoms with Crippen molar-refractivity contribution in [3.05, 3.63) is 35.5 Å². The van der Waals surface area contributed by atoms with Crippen LogP contribution in [-0.4, -0.2) is 23.6 Å². The van der Waals surface area contributed by atoms with Gasteiger partial charge in [0, 0.05) is 19.7 Å². The fourth-order valence-corrected chi connectivity index (χ4v) is 1.88. The topological polar surface area (TPSA) is 72.2 Å². The summed E-state index contributed by atoms with van der Waals surface area (Å²) >= 11 is 0. The third-order valence-electron chi connectivity index (χ3n) is 2.84. The molecule has 0 radical (unpaired) electrons. The Balaban J connectivity index is 2.07. The Labute approximate surface area is 124 Å². The smallest absolute Gasteiger partial charge is 0.158 e. The van der Waals surface area contributed by atoms with Gasteiger partial charge in [-0.1, -0.05) is 6.92 Å². The SMILES string of the molecule is CCCNc1cc(NCc2ccc(C)o2)nc(COC)n1. The van der Waals surface area contributed by atoms with Gasteiger partial charge in [-0.2, -0.15) is 0 Å². The van der Waals surface area contributed by atoms with Crippen molar-refractivity contribution >= 4 is 11.6 Å². The average molecular weight is 290 g/mol. The Bertz CT molecular complexity index is 569. The molecule has 2 aromatic rings. The van der Waals surface area contributed by atoms with E-state index in [-0.39, 0.29) is 0 Å². The number of hydrogen-bond donors (Lipinski definition) is 2. The molecule has 114 valence electrons. The van der Waals surface area contributed by atoms with E-state index in [1.165, 1.54) is 0 Å². The van der Waals surface area contributed by atoms with Crippen LogP contribution in [0.5, 0.6) is 0 Å². The van der Waals surface area contributed by atoms with Crippen molar-refractivity contribution in [2.24, 2.45) is 0 Å². The van der Waals surface area contributed by atoms with E-state index in [4.69, 9.17) is 9.15 Å². The molecule has 0 saturated carbocycles. The van der Waals surface area contributed by atoms with E-state index in [2.05, 4.69) is 27.5 Å². The van der Waals surface area contributed by atoms with Gasteiger partial charge >= 0.3 is 0 Å². The lowest BCUT2D eigenvalue weighted by Gasteiger charge is -2.10. The molecule has 6 heteroatoms. The van der Waals surface area contributed by atoms with E-state index in [9.17, 15) is 0 Å². The summed E-state index contributed by atoms with van der Waals surface area (Å²) in [5.74, 6) is 3.99. The summed E-state index contributed by atoms with van der Waals surface area (Å²) < 4.78 is 10.6. The number of rotatable bonds is 8. The predicted octanol–water partition coefficient (Wildman–Crippen LogP) is 2.96. The average Bonchev–Trinajstić information content (AvgIpc) is 2.89. The maximum Gasteiger partial charge on any atom is 0.158 e. The highest BCUT2D eigenvalue weighted by Gasteiger charge is 2.05. The molecule has 0 atom stereocenters. The lowest BCUT2D eigenvalue weighted by Crippen LogP contribution is -2.09. The molecule has 2 aromatic heterocycles. The molecule has 0 aliphatic rings. The van der Waals surface area contributed by atoms with Crippen LogP contribution in [0.25, 0.3) is 0 Å². The second-order valence-corrected chi connectivity index (χ2v) is 4.78. The number of aryl methyl sites for hydroxylation is 1. The summed E-state index contributed by atoms with van der Waals surface area (Å²) in [5, 5.41) is 6.52. The second-order valence-electron chi connectivity index (χ2n) is 4.78. The second kappa shape index (κ2) is 7.64. The zero-order valence-corrected chi connectivity index (χ0v) is 12.8. The van der Waals surface area contributed by atoms with Crippen molar-refractivity contribution in [1.82, 2.24) is 9.97 Å². The highest BCUT2D eigenvalue weighted by Crippen LogP contribution is 2.14. The van der Waals surface area contributed by atoms with Crippen LogP contribution in [0.1, 0.15) is 30.7 Å². The molecule has 0 amide bonds. The van der Waals surface area contributed by atoms with Gasteiger partial charge in [0.2, 0.25) is 0 Å². The van der Waals surface area contributed by atoms with Crippen LogP contribution < -0.4 is 10.6 Å². The van der Waals surface area contributed by atoms with E-state index < -0.39 is 0 Å². The lowest BCUT2D eigenvalue weighted by atomic mass is 10.4. The third kappa shape index (κ3) is 4.75. The number of ether oxygens (including phenoxy) is 1. The first-order chi connectivity index (χ1) is 10.2. The number of furan rings is 1. The molecule has 21 heavy (non-hydrogen) atoms. The number of nitrogens with one attached hydrogen (secondary N) is 2. The number of methoxy groups -OCH3 is 1. The van der Waals surface area contributed by atoms with Crippen molar-refractivity contribution in [2.45, 2.75) is 33.4 Å². The Morgan fingerprint density at radius 3 is 2.57 bits per heavy atom. The molecule has 2 heterocycles. The summed E-state index contributed by atoms with van der Waals surface area (Å²) in [4.78, 5) is 8.83. The number of nitrogens with zero attached hydrogens (tertiary/aromatic N) is 2. The van der Waals surface area contributed by atoms with Gasteiger partial charge in [0.1, 0.15) is 29.8 Å². The van der Waals surface area contributed by atoms with Crippen molar-refractivity contribution in [2.75, 3.05) is 24.3 Å². The Morgan fingerprint density at radius 1 is 1.19 bits per heavy atom. The molecular weight excluding hydrogens is 268 g/mol. The minimum atomic E-state index is 0.385. The van der Waals surface area contributed by atoms with Crippen LogP contribution in [0.3, 0.4) is 0 Å². The fraction of sp³-hybridized carbons (Fsp3) is 0.467. The highest BCUT2D eigenvalue weighted by molar-refractivity contribution is 5.47. The third-order valence-corrected chi connectivity index (χ3v) is 2.84. The van der Waals surface area contributed by atoms with Crippen LogP contribution in [0.2, 0.25) is 0 Å². The minimum Gasteiger partial charge on any atom is -0.465 e. The molecule has 0 aliphatic heterocycles. The molecule has 6 nitrogen and oxygen atoms in total. The molecule has 0 saturated heterocycles. The molecule has 0 bridgehead atoms. The van der Waals surface area contributed by atoms with E-state index in [1.54, 1.807) is 7.11 Å². The monoisotopic (exact) mass is 290 g/mol. The quantitative estimate of drug-likeness (QED) is 0.778. The van der Waals surface area contributed by atoms with E-state index in [0.29, 0.717) is 19.0 Å². The van der Waals surface area contributed by atoms with Crippen LogP contribution in [0.15, 0.2) is 22.6 Å². The van der Waals surface area contributed by atoms with Gasteiger partial charge in [-0.05, 0) is 25.5 Å². The first-order valence-electron chi connectivity index (χ1n) is 7.11. The molecule has 0 spiro atoms. The van der Waals surface area contributed by atoms with Crippen molar-refractivity contribution in [3.8, 4) is 0 Å². The first-order valence-corrected chi connectivity index (χ1v) is 7.11. The van der Waals surface area contributed by atoms with Gasteiger partial charge in [-0.25, -0.2) is 9.97 Å². The van der Waals surface area contributed by atoms with Gasteiger partial charge in [0.15, 0.2) is 5.82 Å². The normalized spacial score (nSPS) is 10.6. The molecule has 2 rings (SSSR count). The Hall–Kier alpha value is -2.08. The summed E-state index contributed by atoms with van der Waals surface area (Å²) in [6, 6.07) is 5.79. The largest absolute Gasteiger partial charge is 0.465 e. The molecule has 0 aliphatic carbocycles. The van der Waals surface area contributed by atoms with E-state index in [0.717, 1.165) is 36.1 Å². The van der Waals surface area contributed by atoms with Gasteiger partial charge in [0.05, 0.1) is 6.54 Å². The number of hydrogen-bond acceptors (Lipinski definition) is 6. The van der Waals surface area contributed by atoms with Crippen LogP contribution in [0.4, 0.5) is 11.6 Å². The van der Waals surface area contributed by atoms with E-state index >= 15 is 0 Å². The maximum absolute atomic E-state index is 5.53. The Morgan fingerprint density at radius 2 is 1.95 bits per heavy atom. The van der Waals surface area contributed by atoms with Crippen molar-refractivity contribution < 1.29 is 9.15 Å². The Kier molecular flexibility index (Phi) is 5.57. The van der Waals surface area contributed by atoms with Gasteiger partial charge in [-0.15, -0.1) is 0 Å². The van der Waals surface area contributed by atoms with Gasteiger partial charge in [-0.3, -0.25) is 0 Å². The van der Waals surface area contributed by atoms with Gasteiger partial charge in [0.25, 0.3) is 0 Å². The fourth-order valence-electron chi connectivity index (χ4n) is 1.88. The van der Waals surface area contributed by atoms with Crippen LogP contribution in [-0.2, 0) is 17.9 Å². The lowest BCUT2D eigenvalue weighted by molar-refractivity contribution is 0.178. The molecule has 0 fully saturated rings. The molecule has 0 unspecified atom stereocenters. The summed E-state index contributed by atoms with van der Waals surface area (Å²) in [5.41, 5.74) is 0. The van der Waals surface area contributed by atoms with Crippen LogP contribution >= 0.6 is 0 Å². The van der Waals surface area contributed by atoms with Crippen LogP contribution in [0, 0.1) is 6.92 Å². The van der Waals surface area contributed by atoms with Crippen molar-refractivity contribution in [1.29, 1.82) is 0 Å². The zero-order chi connectivity index (χ0) is 15.1. The van der Waals surface area contributed by atoms with Crippen molar-refractivity contribution in [3.63, 3.8) is 0 Å². The predicted molar refractivity (Wildman–Crippen MR) is 82.3 cm³/mol. The summed E-state index contributed by atoms with van der Waals surface area (Å²) in [6.45, 7) is 5.89. The van der Waals surface area contributed by atoms with E-state index in [1.807, 2.05) is 25.1 Å². The molecular formula is C15H22N4O2. The summed E-state index contributed by atoms with van der Waals surface area (Å²) in [6.07, 6.45) is 1.04. The molecule has 0 aromatic carbocycles.